The van der Waals surface area contributed by atoms with Crippen molar-refractivity contribution < 1.29 is 3.79 Å². The van der Waals surface area contributed by atoms with E-state index in [0.29, 0.717) is 0 Å². The van der Waals surface area contributed by atoms with Crippen molar-refractivity contribution in [3.63, 3.8) is 0 Å². The molecule has 0 spiro atoms. The summed E-state index contributed by atoms with van der Waals surface area (Å²) < 4.78 is 4.93. The first kappa shape index (κ1) is 22.3. The van der Waals surface area contributed by atoms with Crippen LogP contribution in [0, 0.1) is 0 Å². The third kappa shape index (κ3) is 20.5. The molecular formula is C12H27AlCl2O. The highest BCUT2D eigenvalue weighted by Crippen LogP contribution is 2.10. The van der Waals surface area contributed by atoms with Crippen LogP contribution in [-0.2, 0) is 3.79 Å². The van der Waals surface area contributed by atoms with Crippen molar-refractivity contribution in [3.05, 3.63) is 0 Å². The quantitative estimate of drug-likeness (QED) is 0.389. The van der Waals surface area contributed by atoms with Crippen LogP contribution in [0.4, 0.5) is 0 Å². The van der Waals surface area contributed by atoms with Crippen LogP contribution < -0.4 is 0 Å². The molecule has 0 bridgehead atoms. The van der Waals surface area contributed by atoms with E-state index in [-0.39, 0.29) is 24.8 Å². The molecule has 0 atom stereocenters. The molecule has 0 fully saturated rings. The molecule has 0 aliphatic carbocycles. The molecule has 0 aliphatic rings. The summed E-state index contributed by atoms with van der Waals surface area (Å²) in [7, 11) is 0. The molecular weight excluding hydrogens is 258 g/mol. The van der Waals surface area contributed by atoms with Crippen LogP contribution in [-0.4, -0.2) is 23.2 Å². The highest BCUT2D eigenvalue weighted by atomic mass is 35.5. The normalized spacial score (nSPS) is 9.31. The third-order valence-corrected chi connectivity index (χ3v) is 2.85. The minimum absolute atomic E-state index is 0. The van der Waals surface area contributed by atoms with Crippen molar-refractivity contribution >= 4 is 41.4 Å². The fraction of sp³-hybridized carbons (Fsp3) is 1.00. The zero-order valence-corrected chi connectivity index (χ0v) is 13.4. The van der Waals surface area contributed by atoms with Gasteiger partial charge in [-0.05, 0) is 6.42 Å². The molecule has 0 unspecified atom stereocenters. The average Bonchev–Trinajstić information content (AvgIpc) is 2.21. The van der Waals surface area contributed by atoms with E-state index in [0.717, 1.165) is 6.61 Å². The summed E-state index contributed by atoms with van der Waals surface area (Å²) in [5.74, 6) is 0. The van der Waals surface area contributed by atoms with E-state index in [4.69, 9.17) is 3.79 Å². The van der Waals surface area contributed by atoms with Gasteiger partial charge in [0, 0.05) is 6.61 Å². The Balaban J connectivity index is -0.000000845. The van der Waals surface area contributed by atoms with Gasteiger partial charge in [-0.3, -0.25) is 0 Å². The first-order valence-corrected chi connectivity index (χ1v) is 6.70. The summed E-state index contributed by atoms with van der Waals surface area (Å²) in [4.78, 5) is 0. The van der Waals surface area contributed by atoms with Gasteiger partial charge in [0.25, 0.3) is 0 Å². The van der Waals surface area contributed by atoms with Crippen molar-refractivity contribution in [1.29, 1.82) is 0 Å². The molecule has 98 valence electrons. The number of unbranched alkanes of at least 4 members (excludes halogenated alkanes) is 9. The second-order valence-corrected chi connectivity index (χ2v) is 4.39. The summed E-state index contributed by atoms with van der Waals surface area (Å²) in [6.45, 7) is 3.18. The van der Waals surface area contributed by atoms with Crippen LogP contribution in [0.25, 0.3) is 0 Å². The Morgan fingerprint density at radius 3 is 1.44 bits per heavy atom. The maximum Gasteiger partial charge on any atom is 0.369 e. The summed E-state index contributed by atoms with van der Waals surface area (Å²) in [5, 5.41) is 0. The Morgan fingerprint density at radius 2 is 1.06 bits per heavy atom. The molecule has 0 N–H and O–H groups in total. The Hall–Kier alpha value is 1.07. The van der Waals surface area contributed by atoms with Gasteiger partial charge < -0.3 is 3.79 Å². The second kappa shape index (κ2) is 21.4. The first-order valence-electron chi connectivity index (χ1n) is 6.23. The van der Waals surface area contributed by atoms with E-state index in [1.807, 2.05) is 0 Å². The second-order valence-electron chi connectivity index (χ2n) is 4.05. The summed E-state index contributed by atoms with van der Waals surface area (Å²) >= 11 is 2.31. The van der Waals surface area contributed by atoms with Gasteiger partial charge >= 0.3 is 16.6 Å². The standard InChI is InChI=1S/C12H25O.Al.2ClH/c1-2-3-4-5-6-7-8-9-10-11-12-13;;;/h2-12H2,1H3;;2*1H/q-1;+1;;. The molecule has 0 heterocycles. The lowest BCUT2D eigenvalue weighted by molar-refractivity contribution is 0.332. The van der Waals surface area contributed by atoms with E-state index < -0.39 is 0 Å². The highest BCUT2D eigenvalue weighted by Gasteiger charge is 1.91. The zero-order chi connectivity index (χ0) is 10.5. The molecule has 1 nitrogen and oxygen atoms in total. The third-order valence-electron chi connectivity index (χ3n) is 2.62. The zero-order valence-electron chi connectivity index (χ0n) is 10.6. The predicted molar refractivity (Wildman–Crippen MR) is 78.0 cm³/mol. The molecule has 0 aromatic carbocycles. The van der Waals surface area contributed by atoms with Gasteiger partial charge in [-0.2, -0.15) is 0 Å². The van der Waals surface area contributed by atoms with Gasteiger partial charge in [0.05, 0.1) is 0 Å². The SMILES string of the molecule is CCCCCCCCCCCC[O][Al].Cl.Cl. The topological polar surface area (TPSA) is 9.23 Å². The molecule has 0 aromatic heterocycles. The van der Waals surface area contributed by atoms with E-state index in [2.05, 4.69) is 23.5 Å². The minimum atomic E-state index is 0. The van der Waals surface area contributed by atoms with E-state index >= 15 is 0 Å². The largest absolute Gasteiger partial charge is 0.516 e. The van der Waals surface area contributed by atoms with Crippen molar-refractivity contribution in [2.75, 3.05) is 6.61 Å². The van der Waals surface area contributed by atoms with Crippen molar-refractivity contribution in [3.8, 4) is 0 Å². The van der Waals surface area contributed by atoms with Crippen molar-refractivity contribution in [2.24, 2.45) is 0 Å². The predicted octanol–water partition coefficient (Wildman–Crippen LogP) is 4.85. The minimum Gasteiger partial charge on any atom is -0.516 e. The van der Waals surface area contributed by atoms with Crippen molar-refractivity contribution in [2.45, 2.75) is 71.1 Å². The Bertz CT molecular complexity index is 93.0. The Morgan fingerprint density at radius 1 is 0.688 bits per heavy atom. The number of rotatable bonds is 11. The molecule has 16 heavy (non-hydrogen) atoms. The van der Waals surface area contributed by atoms with Crippen LogP contribution >= 0.6 is 24.8 Å². The molecule has 4 heteroatoms. The average molecular weight is 285 g/mol. The number of halogens is 2. The summed E-state index contributed by atoms with van der Waals surface area (Å²) in [6, 6.07) is 0. The molecule has 0 saturated heterocycles. The number of hydrogen-bond acceptors (Lipinski definition) is 1. The molecule has 0 aromatic rings. The molecule has 0 saturated carbocycles. The van der Waals surface area contributed by atoms with Gasteiger partial charge in [-0.15, -0.1) is 24.8 Å². The Labute approximate surface area is 123 Å². The molecule has 0 rings (SSSR count). The maximum atomic E-state index is 4.93. The van der Waals surface area contributed by atoms with Crippen LogP contribution in [0.1, 0.15) is 71.1 Å². The monoisotopic (exact) mass is 284 g/mol. The fourth-order valence-electron chi connectivity index (χ4n) is 1.67. The first-order chi connectivity index (χ1) is 6.91. The van der Waals surface area contributed by atoms with Crippen molar-refractivity contribution in [1.82, 2.24) is 0 Å². The van der Waals surface area contributed by atoms with Gasteiger partial charge in [-0.25, -0.2) is 0 Å². The molecule has 2 radical (unpaired) electrons. The lowest BCUT2D eigenvalue weighted by atomic mass is 10.1. The summed E-state index contributed by atoms with van der Waals surface area (Å²) in [6.07, 6.45) is 13.9. The van der Waals surface area contributed by atoms with Crippen LogP contribution in [0.15, 0.2) is 0 Å². The van der Waals surface area contributed by atoms with Gasteiger partial charge in [0.2, 0.25) is 0 Å². The van der Waals surface area contributed by atoms with Crippen LogP contribution in [0.5, 0.6) is 0 Å². The van der Waals surface area contributed by atoms with E-state index in [9.17, 15) is 0 Å². The molecule has 0 aliphatic heterocycles. The van der Waals surface area contributed by atoms with Crippen LogP contribution in [0.2, 0.25) is 0 Å². The lowest BCUT2D eigenvalue weighted by Gasteiger charge is -2.02. The Kier molecular flexibility index (Phi) is 29.7. The highest BCUT2D eigenvalue weighted by molar-refractivity contribution is 5.97. The van der Waals surface area contributed by atoms with Crippen LogP contribution in [0.3, 0.4) is 0 Å². The van der Waals surface area contributed by atoms with Gasteiger partial charge in [-0.1, -0.05) is 64.7 Å². The summed E-state index contributed by atoms with van der Waals surface area (Å²) in [5.41, 5.74) is 0. The van der Waals surface area contributed by atoms with Gasteiger partial charge in [0.1, 0.15) is 0 Å². The fourth-order valence-corrected chi connectivity index (χ4v) is 1.84. The van der Waals surface area contributed by atoms with Gasteiger partial charge in [0.15, 0.2) is 0 Å². The maximum absolute atomic E-state index is 4.93. The molecule has 0 amide bonds. The van der Waals surface area contributed by atoms with E-state index in [1.165, 1.54) is 64.2 Å². The number of hydrogen-bond donors (Lipinski definition) is 0. The van der Waals surface area contributed by atoms with E-state index in [1.54, 1.807) is 0 Å². The lowest BCUT2D eigenvalue weighted by Crippen LogP contribution is -1.89. The smallest absolute Gasteiger partial charge is 0.369 e.